The van der Waals surface area contributed by atoms with E-state index >= 15 is 0 Å². The number of hydrogen-bond acceptors (Lipinski definition) is 5. The molecule has 0 aliphatic carbocycles. The lowest BCUT2D eigenvalue weighted by Crippen LogP contribution is -2.24. The lowest BCUT2D eigenvalue weighted by atomic mass is 10.1. The SMILES string of the molecule is Cn1cc(-c2ncccc2CNC(=O)c2cnccn2)cn1. The molecule has 0 unspecified atom stereocenters. The summed E-state index contributed by atoms with van der Waals surface area (Å²) < 4.78 is 1.71. The van der Waals surface area contributed by atoms with Crippen molar-refractivity contribution in [2.24, 2.45) is 7.05 Å². The molecule has 0 aromatic carbocycles. The van der Waals surface area contributed by atoms with E-state index in [1.165, 1.54) is 18.6 Å². The van der Waals surface area contributed by atoms with Gasteiger partial charge in [-0.05, 0) is 11.6 Å². The van der Waals surface area contributed by atoms with Crippen LogP contribution in [0.15, 0.2) is 49.3 Å². The molecule has 0 aliphatic heterocycles. The molecule has 3 heterocycles. The monoisotopic (exact) mass is 294 g/mol. The highest BCUT2D eigenvalue weighted by Crippen LogP contribution is 2.20. The highest BCUT2D eigenvalue weighted by atomic mass is 16.1. The Labute approximate surface area is 127 Å². The van der Waals surface area contributed by atoms with Crippen LogP contribution in [-0.4, -0.2) is 30.6 Å². The normalized spacial score (nSPS) is 10.4. The molecule has 0 saturated heterocycles. The van der Waals surface area contributed by atoms with Crippen LogP contribution in [0.2, 0.25) is 0 Å². The maximum absolute atomic E-state index is 12.0. The summed E-state index contributed by atoms with van der Waals surface area (Å²) in [4.78, 5) is 24.3. The number of nitrogens with zero attached hydrogens (tertiary/aromatic N) is 5. The first kappa shape index (κ1) is 13.9. The number of carbonyl (C=O) groups excluding carboxylic acids is 1. The zero-order chi connectivity index (χ0) is 15.4. The highest BCUT2D eigenvalue weighted by Gasteiger charge is 2.11. The van der Waals surface area contributed by atoms with Gasteiger partial charge in [0.2, 0.25) is 0 Å². The number of carbonyl (C=O) groups is 1. The summed E-state index contributed by atoms with van der Waals surface area (Å²) in [6.45, 7) is 0.355. The van der Waals surface area contributed by atoms with Crippen LogP contribution in [0.3, 0.4) is 0 Å². The fraction of sp³-hybridized carbons (Fsp3) is 0.133. The van der Waals surface area contributed by atoms with E-state index < -0.39 is 0 Å². The first-order chi connectivity index (χ1) is 10.7. The van der Waals surface area contributed by atoms with Crippen LogP contribution in [0, 0.1) is 0 Å². The zero-order valence-corrected chi connectivity index (χ0v) is 12.0. The van der Waals surface area contributed by atoms with Crippen LogP contribution in [0.1, 0.15) is 16.1 Å². The average Bonchev–Trinajstić information content (AvgIpc) is 3.00. The van der Waals surface area contributed by atoms with Crippen molar-refractivity contribution in [1.82, 2.24) is 30.0 Å². The van der Waals surface area contributed by atoms with Crippen molar-refractivity contribution >= 4 is 5.91 Å². The van der Waals surface area contributed by atoms with Gasteiger partial charge in [-0.1, -0.05) is 6.07 Å². The van der Waals surface area contributed by atoms with E-state index in [4.69, 9.17) is 0 Å². The zero-order valence-electron chi connectivity index (χ0n) is 12.0. The Kier molecular flexibility index (Phi) is 3.86. The Hall–Kier alpha value is -3.09. The van der Waals surface area contributed by atoms with E-state index in [2.05, 4.69) is 25.4 Å². The molecule has 22 heavy (non-hydrogen) atoms. The third-order valence-electron chi connectivity index (χ3n) is 3.10. The van der Waals surface area contributed by atoms with Crippen molar-refractivity contribution in [3.05, 3.63) is 60.6 Å². The van der Waals surface area contributed by atoms with Crippen molar-refractivity contribution in [2.45, 2.75) is 6.54 Å². The first-order valence-corrected chi connectivity index (χ1v) is 6.71. The highest BCUT2D eigenvalue weighted by molar-refractivity contribution is 5.91. The predicted molar refractivity (Wildman–Crippen MR) is 79.6 cm³/mol. The molecule has 7 nitrogen and oxygen atoms in total. The summed E-state index contributed by atoms with van der Waals surface area (Å²) in [5.74, 6) is -0.269. The van der Waals surface area contributed by atoms with Crippen molar-refractivity contribution in [3.63, 3.8) is 0 Å². The van der Waals surface area contributed by atoms with E-state index in [0.717, 1.165) is 16.8 Å². The lowest BCUT2D eigenvalue weighted by molar-refractivity contribution is 0.0945. The molecular weight excluding hydrogens is 280 g/mol. The van der Waals surface area contributed by atoms with E-state index in [1.807, 2.05) is 25.4 Å². The quantitative estimate of drug-likeness (QED) is 0.781. The van der Waals surface area contributed by atoms with Crippen LogP contribution < -0.4 is 5.32 Å². The van der Waals surface area contributed by atoms with Gasteiger partial charge in [-0.3, -0.25) is 19.4 Å². The van der Waals surface area contributed by atoms with Crippen LogP contribution >= 0.6 is 0 Å². The first-order valence-electron chi connectivity index (χ1n) is 6.71. The number of hydrogen-bond donors (Lipinski definition) is 1. The van der Waals surface area contributed by atoms with Gasteiger partial charge >= 0.3 is 0 Å². The number of pyridine rings is 1. The molecule has 3 rings (SSSR count). The predicted octanol–water partition coefficient (Wildman–Crippen LogP) is 1.20. The van der Waals surface area contributed by atoms with Crippen molar-refractivity contribution in [1.29, 1.82) is 0 Å². The third kappa shape index (κ3) is 2.98. The number of rotatable bonds is 4. The molecule has 0 aliphatic rings. The molecule has 3 aromatic rings. The van der Waals surface area contributed by atoms with Crippen LogP contribution in [0.25, 0.3) is 11.3 Å². The van der Waals surface area contributed by atoms with Gasteiger partial charge in [0.25, 0.3) is 5.91 Å². The minimum atomic E-state index is -0.269. The van der Waals surface area contributed by atoms with Gasteiger partial charge in [0, 0.05) is 43.9 Å². The Bertz CT molecular complexity index is 783. The standard InChI is InChI=1S/C15H14N6O/c1-21-10-12(8-20-21)14-11(3-2-4-18-14)7-19-15(22)13-9-16-5-6-17-13/h2-6,8-10H,7H2,1H3,(H,19,22). The molecule has 0 spiro atoms. The number of aryl methyl sites for hydroxylation is 1. The molecule has 0 bridgehead atoms. The maximum atomic E-state index is 12.0. The van der Waals surface area contributed by atoms with Crippen molar-refractivity contribution < 1.29 is 4.79 Å². The molecule has 3 aromatic heterocycles. The third-order valence-corrected chi connectivity index (χ3v) is 3.10. The second-order valence-corrected chi connectivity index (χ2v) is 4.69. The van der Waals surface area contributed by atoms with Gasteiger partial charge in [0.05, 0.1) is 18.1 Å². The fourth-order valence-corrected chi connectivity index (χ4v) is 2.07. The van der Waals surface area contributed by atoms with E-state index in [-0.39, 0.29) is 11.6 Å². The second-order valence-electron chi connectivity index (χ2n) is 4.69. The Balaban J connectivity index is 1.77. The molecule has 110 valence electrons. The lowest BCUT2D eigenvalue weighted by Gasteiger charge is -2.08. The minimum Gasteiger partial charge on any atom is -0.346 e. The topological polar surface area (TPSA) is 85.6 Å². The molecule has 1 amide bonds. The Morgan fingerprint density at radius 2 is 2.14 bits per heavy atom. The van der Waals surface area contributed by atoms with Gasteiger partial charge in [0.1, 0.15) is 5.69 Å². The molecular formula is C15H14N6O. The number of amides is 1. The fourth-order valence-electron chi connectivity index (χ4n) is 2.07. The summed E-state index contributed by atoms with van der Waals surface area (Å²) in [6.07, 6.45) is 9.79. The van der Waals surface area contributed by atoms with E-state index in [0.29, 0.717) is 6.54 Å². The number of aromatic nitrogens is 5. The minimum absolute atomic E-state index is 0.269. The molecule has 7 heteroatoms. The maximum Gasteiger partial charge on any atom is 0.271 e. The summed E-state index contributed by atoms with van der Waals surface area (Å²) in [6, 6.07) is 3.76. The van der Waals surface area contributed by atoms with Gasteiger partial charge < -0.3 is 5.32 Å². The summed E-state index contributed by atoms with van der Waals surface area (Å²) in [7, 11) is 1.85. The van der Waals surface area contributed by atoms with Crippen LogP contribution in [-0.2, 0) is 13.6 Å². The molecule has 0 atom stereocenters. The van der Waals surface area contributed by atoms with Crippen molar-refractivity contribution in [3.8, 4) is 11.3 Å². The Morgan fingerprint density at radius 3 is 2.86 bits per heavy atom. The molecule has 0 saturated carbocycles. The van der Waals surface area contributed by atoms with E-state index in [9.17, 15) is 4.79 Å². The molecule has 0 fully saturated rings. The van der Waals surface area contributed by atoms with Crippen LogP contribution in [0.5, 0.6) is 0 Å². The van der Waals surface area contributed by atoms with Crippen molar-refractivity contribution in [2.75, 3.05) is 0 Å². The van der Waals surface area contributed by atoms with E-state index in [1.54, 1.807) is 17.1 Å². The Morgan fingerprint density at radius 1 is 1.23 bits per heavy atom. The van der Waals surface area contributed by atoms with Gasteiger partial charge in [0.15, 0.2) is 0 Å². The van der Waals surface area contributed by atoms with Gasteiger partial charge in [-0.15, -0.1) is 0 Å². The summed E-state index contributed by atoms with van der Waals surface area (Å²) in [5.41, 5.74) is 2.91. The largest absolute Gasteiger partial charge is 0.346 e. The summed E-state index contributed by atoms with van der Waals surface area (Å²) >= 11 is 0. The number of nitrogens with one attached hydrogen (secondary N) is 1. The average molecular weight is 294 g/mol. The van der Waals surface area contributed by atoms with Gasteiger partial charge in [-0.25, -0.2) is 4.98 Å². The molecule has 1 N–H and O–H groups in total. The van der Waals surface area contributed by atoms with Crippen LogP contribution in [0.4, 0.5) is 0 Å². The smallest absolute Gasteiger partial charge is 0.271 e. The second kappa shape index (κ2) is 6.13. The molecule has 0 radical (unpaired) electrons. The summed E-state index contributed by atoms with van der Waals surface area (Å²) in [5, 5.41) is 6.97. The van der Waals surface area contributed by atoms with Gasteiger partial charge in [-0.2, -0.15) is 5.10 Å².